The second-order valence-electron chi connectivity index (χ2n) is 5.87. The molecule has 0 aliphatic rings. The van der Waals surface area contributed by atoms with Gasteiger partial charge in [0.15, 0.2) is 0 Å². The first-order valence-electron chi connectivity index (χ1n) is 9.03. The SMILES string of the molecule is COCCOC(=O)c1cc(NC(=O)OCc2ccccc2)ccc1OCCOC. The highest BCUT2D eigenvalue weighted by Crippen LogP contribution is 2.24. The van der Waals surface area contributed by atoms with Gasteiger partial charge in [-0.1, -0.05) is 30.3 Å². The highest BCUT2D eigenvalue weighted by atomic mass is 16.6. The molecule has 0 aliphatic heterocycles. The van der Waals surface area contributed by atoms with Crippen molar-refractivity contribution in [3.63, 3.8) is 0 Å². The monoisotopic (exact) mass is 403 g/mol. The molecule has 0 atom stereocenters. The number of rotatable bonds is 11. The molecule has 2 aromatic rings. The highest BCUT2D eigenvalue weighted by molar-refractivity contribution is 5.95. The predicted octanol–water partition coefficient (Wildman–Crippen LogP) is 3.26. The Kier molecular flexibility index (Phi) is 9.47. The molecule has 0 bridgehead atoms. The van der Waals surface area contributed by atoms with Gasteiger partial charge in [0.2, 0.25) is 0 Å². The van der Waals surface area contributed by atoms with Crippen LogP contribution in [0, 0.1) is 0 Å². The molecule has 8 nitrogen and oxygen atoms in total. The third kappa shape index (κ3) is 7.81. The van der Waals surface area contributed by atoms with Crippen molar-refractivity contribution in [3.05, 3.63) is 59.7 Å². The number of amides is 1. The lowest BCUT2D eigenvalue weighted by Crippen LogP contribution is -2.16. The largest absolute Gasteiger partial charge is 0.490 e. The van der Waals surface area contributed by atoms with Crippen LogP contribution in [0.2, 0.25) is 0 Å². The normalized spacial score (nSPS) is 10.3. The van der Waals surface area contributed by atoms with Gasteiger partial charge in [-0.05, 0) is 23.8 Å². The number of carbonyl (C=O) groups is 2. The van der Waals surface area contributed by atoms with Crippen LogP contribution < -0.4 is 10.1 Å². The number of carbonyl (C=O) groups excluding carboxylic acids is 2. The van der Waals surface area contributed by atoms with E-state index in [9.17, 15) is 9.59 Å². The summed E-state index contributed by atoms with van der Waals surface area (Å²) in [7, 11) is 3.07. The van der Waals surface area contributed by atoms with Crippen molar-refractivity contribution in [2.75, 3.05) is 46.0 Å². The van der Waals surface area contributed by atoms with Crippen LogP contribution in [-0.2, 0) is 25.6 Å². The predicted molar refractivity (Wildman–Crippen MR) is 106 cm³/mol. The van der Waals surface area contributed by atoms with Crippen LogP contribution in [0.1, 0.15) is 15.9 Å². The summed E-state index contributed by atoms with van der Waals surface area (Å²) >= 11 is 0. The zero-order valence-corrected chi connectivity index (χ0v) is 16.5. The molecule has 0 saturated carbocycles. The number of ether oxygens (including phenoxy) is 5. The molecule has 1 N–H and O–H groups in total. The maximum atomic E-state index is 12.4. The molecule has 0 unspecified atom stereocenters. The Balaban J connectivity index is 2.03. The van der Waals surface area contributed by atoms with Gasteiger partial charge in [-0.3, -0.25) is 5.32 Å². The summed E-state index contributed by atoms with van der Waals surface area (Å²) in [6.45, 7) is 1.14. The van der Waals surface area contributed by atoms with E-state index in [-0.39, 0.29) is 32.0 Å². The van der Waals surface area contributed by atoms with Gasteiger partial charge in [-0.25, -0.2) is 9.59 Å². The van der Waals surface area contributed by atoms with E-state index >= 15 is 0 Å². The van der Waals surface area contributed by atoms with Gasteiger partial charge < -0.3 is 23.7 Å². The fourth-order valence-corrected chi connectivity index (χ4v) is 2.30. The van der Waals surface area contributed by atoms with E-state index in [1.807, 2.05) is 30.3 Å². The number of anilines is 1. The van der Waals surface area contributed by atoms with Crippen LogP contribution in [0.5, 0.6) is 5.75 Å². The van der Waals surface area contributed by atoms with E-state index < -0.39 is 12.1 Å². The molecule has 2 rings (SSSR count). The van der Waals surface area contributed by atoms with Crippen molar-refractivity contribution < 1.29 is 33.3 Å². The molecular weight excluding hydrogens is 378 g/mol. The quantitative estimate of drug-likeness (QED) is 0.455. The van der Waals surface area contributed by atoms with Crippen LogP contribution >= 0.6 is 0 Å². The van der Waals surface area contributed by atoms with Crippen LogP contribution in [0.3, 0.4) is 0 Å². The molecule has 0 saturated heterocycles. The average Bonchev–Trinajstić information content (AvgIpc) is 2.74. The average molecular weight is 403 g/mol. The van der Waals surface area contributed by atoms with Crippen molar-refractivity contribution in [2.45, 2.75) is 6.61 Å². The fourth-order valence-electron chi connectivity index (χ4n) is 2.30. The molecule has 1 amide bonds. The maximum absolute atomic E-state index is 12.4. The maximum Gasteiger partial charge on any atom is 0.411 e. The zero-order valence-electron chi connectivity index (χ0n) is 16.5. The zero-order chi connectivity index (χ0) is 20.9. The van der Waals surface area contributed by atoms with Gasteiger partial charge >= 0.3 is 12.1 Å². The minimum atomic E-state index is -0.638. The van der Waals surface area contributed by atoms with Crippen molar-refractivity contribution >= 4 is 17.7 Å². The van der Waals surface area contributed by atoms with Crippen molar-refractivity contribution in [1.29, 1.82) is 0 Å². The molecular formula is C21H25NO7. The first-order valence-corrected chi connectivity index (χ1v) is 9.03. The Morgan fingerprint density at radius 2 is 1.59 bits per heavy atom. The van der Waals surface area contributed by atoms with Crippen LogP contribution in [0.15, 0.2) is 48.5 Å². The van der Waals surface area contributed by atoms with Crippen LogP contribution in [-0.4, -0.2) is 52.7 Å². The van der Waals surface area contributed by atoms with Gasteiger partial charge in [0.25, 0.3) is 0 Å². The Bertz CT molecular complexity index is 780. The Morgan fingerprint density at radius 1 is 0.862 bits per heavy atom. The topological polar surface area (TPSA) is 92.3 Å². The lowest BCUT2D eigenvalue weighted by Gasteiger charge is -2.13. The molecule has 0 spiro atoms. The van der Waals surface area contributed by atoms with Crippen LogP contribution in [0.25, 0.3) is 0 Å². The minimum absolute atomic E-state index is 0.101. The molecule has 2 aromatic carbocycles. The summed E-state index contributed by atoms with van der Waals surface area (Å²) in [6.07, 6.45) is -0.638. The fraction of sp³-hybridized carbons (Fsp3) is 0.333. The standard InChI is InChI=1S/C21H25NO7/c1-25-10-12-27-19-9-8-17(14-18(19)20(23)28-13-11-26-2)22-21(24)29-15-16-6-4-3-5-7-16/h3-9,14H,10-13,15H2,1-2H3,(H,22,24). The molecule has 0 radical (unpaired) electrons. The lowest BCUT2D eigenvalue weighted by molar-refractivity contribution is 0.0382. The van der Waals surface area contributed by atoms with E-state index in [1.54, 1.807) is 19.2 Å². The number of esters is 1. The summed E-state index contributed by atoms with van der Waals surface area (Å²) in [4.78, 5) is 24.4. The van der Waals surface area contributed by atoms with E-state index in [4.69, 9.17) is 23.7 Å². The Hall–Kier alpha value is -3.10. The van der Waals surface area contributed by atoms with Gasteiger partial charge in [-0.15, -0.1) is 0 Å². The Morgan fingerprint density at radius 3 is 2.31 bits per heavy atom. The van der Waals surface area contributed by atoms with E-state index in [1.165, 1.54) is 13.2 Å². The molecule has 0 aromatic heterocycles. The number of hydrogen-bond donors (Lipinski definition) is 1. The van der Waals surface area contributed by atoms with Crippen LogP contribution in [0.4, 0.5) is 10.5 Å². The lowest BCUT2D eigenvalue weighted by atomic mass is 10.1. The van der Waals surface area contributed by atoms with E-state index in [0.29, 0.717) is 18.0 Å². The van der Waals surface area contributed by atoms with Gasteiger partial charge in [0, 0.05) is 19.9 Å². The Labute approximate surface area is 169 Å². The molecule has 0 heterocycles. The van der Waals surface area contributed by atoms with Crippen molar-refractivity contribution in [3.8, 4) is 5.75 Å². The van der Waals surface area contributed by atoms with Gasteiger partial charge in [0.1, 0.15) is 31.1 Å². The summed E-state index contributed by atoms with van der Waals surface area (Å²) in [6, 6.07) is 14.0. The summed E-state index contributed by atoms with van der Waals surface area (Å²) in [5.41, 5.74) is 1.42. The summed E-state index contributed by atoms with van der Waals surface area (Å²) in [5, 5.41) is 2.60. The smallest absolute Gasteiger partial charge is 0.411 e. The van der Waals surface area contributed by atoms with E-state index in [0.717, 1.165) is 5.56 Å². The molecule has 29 heavy (non-hydrogen) atoms. The third-order valence-corrected chi connectivity index (χ3v) is 3.72. The third-order valence-electron chi connectivity index (χ3n) is 3.72. The number of benzene rings is 2. The van der Waals surface area contributed by atoms with Gasteiger partial charge in [0.05, 0.1) is 13.2 Å². The second kappa shape index (κ2) is 12.4. The molecule has 156 valence electrons. The molecule has 0 aliphatic carbocycles. The van der Waals surface area contributed by atoms with Crippen molar-refractivity contribution in [2.24, 2.45) is 0 Å². The minimum Gasteiger partial charge on any atom is -0.490 e. The molecule has 0 fully saturated rings. The second-order valence-corrected chi connectivity index (χ2v) is 5.87. The van der Waals surface area contributed by atoms with E-state index in [2.05, 4.69) is 5.32 Å². The first kappa shape index (κ1) is 22.2. The first-order chi connectivity index (χ1) is 14.1. The highest BCUT2D eigenvalue weighted by Gasteiger charge is 2.16. The summed E-state index contributed by atoms with van der Waals surface area (Å²) < 4.78 is 25.8. The molecule has 8 heteroatoms. The number of hydrogen-bond acceptors (Lipinski definition) is 7. The van der Waals surface area contributed by atoms with Gasteiger partial charge in [-0.2, -0.15) is 0 Å². The van der Waals surface area contributed by atoms with Crippen molar-refractivity contribution in [1.82, 2.24) is 0 Å². The number of nitrogens with one attached hydrogen (secondary N) is 1. The summed E-state index contributed by atoms with van der Waals surface area (Å²) in [5.74, 6) is -0.261. The number of methoxy groups -OCH3 is 2.